The first kappa shape index (κ1) is 20.6. The van der Waals surface area contributed by atoms with Gasteiger partial charge in [-0.25, -0.2) is 8.42 Å². The molecule has 1 heterocycles. The molecule has 1 aliphatic carbocycles. The number of nitrogens with one attached hydrogen (secondary N) is 1. The highest BCUT2D eigenvalue weighted by atomic mass is 32.2. The molecule has 0 aromatic heterocycles. The molecule has 160 valence electrons. The molecule has 2 aliphatic rings. The second-order valence-corrected chi connectivity index (χ2v) is 9.66. The topological polar surface area (TPSA) is 116 Å². The van der Waals surface area contributed by atoms with Crippen molar-refractivity contribution in [2.75, 3.05) is 38.5 Å². The van der Waals surface area contributed by atoms with Gasteiger partial charge < -0.3 is 15.3 Å². The Morgan fingerprint density at radius 2 is 1.90 bits per heavy atom. The number of hydrogen-bond donors (Lipinski definition) is 2. The highest BCUT2D eigenvalue weighted by Crippen LogP contribution is 2.40. The number of nitro benzene ring substituents is 1. The Morgan fingerprint density at radius 1 is 1.17 bits per heavy atom. The Kier molecular flexibility index (Phi) is 5.39. The van der Waals surface area contributed by atoms with Gasteiger partial charge in [-0.2, -0.15) is 4.31 Å². The van der Waals surface area contributed by atoms with Crippen LogP contribution in [0.4, 0.5) is 11.4 Å². The first-order valence-electron chi connectivity index (χ1n) is 9.82. The van der Waals surface area contributed by atoms with Gasteiger partial charge in [0, 0.05) is 32.2 Å². The van der Waals surface area contributed by atoms with Crippen molar-refractivity contribution in [3.05, 3.63) is 57.6 Å². The van der Waals surface area contributed by atoms with Crippen molar-refractivity contribution >= 4 is 21.4 Å². The van der Waals surface area contributed by atoms with Gasteiger partial charge in [0.1, 0.15) is 11.4 Å². The zero-order valence-electron chi connectivity index (χ0n) is 16.6. The zero-order chi connectivity index (χ0) is 21.5. The Labute approximate surface area is 175 Å². The molecule has 0 saturated carbocycles. The predicted octanol–water partition coefficient (Wildman–Crippen LogP) is 2.34. The van der Waals surface area contributed by atoms with Crippen molar-refractivity contribution in [3.63, 3.8) is 0 Å². The van der Waals surface area contributed by atoms with Crippen LogP contribution in [0.25, 0.3) is 0 Å². The van der Waals surface area contributed by atoms with Crippen LogP contribution in [0.3, 0.4) is 0 Å². The van der Waals surface area contributed by atoms with Crippen molar-refractivity contribution in [1.82, 2.24) is 9.21 Å². The normalized spacial score (nSPS) is 20.1. The monoisotopic (exact) mass is 432 g/mol. The number of phenolic OH excluding ortho intramolecular Hbond substituents is 1. The van der Waals surface area contributed by atoms with Gasteiger partial charge in [0.05, 0.1) is 15.9 Å². The summed E-state index contributed by atoms with van der Waals surface area (Å²) in [6.45, 7) is 1.95. The minimum absolute atomic E-state index is 0.0752. The van der Waals surface area contributed by atoms with Crippen molar-refractivity contribution in [3.8, 4) is 5.75 Å². The molecule has 0 radical (unpaired) electrons. The van der Waals surface area contributed by atoms with Crippen LogP contribution in [0.2, 0.25) is 0 Å². The first-order chi connectivity index (χ1) is 14.3. The van der Waals surface area contributed by atoms with Gasteiger partial charge in [-0.3, -0.25) is 10.1 Å². The number of piperazine rings is 1. The highest BCUT2D eigenvalue weighted by Gasteiger charge is 2.31. The van der Waals surface area contributed by atoms with Gasteiger partial charge in [-0.1, -0.05) is 12.1 Å². The molecule has 0 bridgehead atoms. The van der Waals surface area contributed by atoms with Crippen LogP contribution in [0.5, 0.6) is 5.75 Å². The number of sulfonamides is 1. The van der Waals surface area contributed by atoms with Crippen LogP contribution < -0.4 is 5.32 Å². The Balaban J connectivity index is 1.62. The lowest BCUT2D eigenvalue weighted by molar-refractivity contribution is -0.384. The lowest BCUT2D eigenvalue weighted by Gasteiger charge is -2.31. The van der Waals surface area contributed by atoms with Crippen LogP contribution in [0.1, 0.15) is 23.6 Å². The van der Waals surface area contributed by atoms with E-state index in [1.54, 1.807) is 12.1 Å². The predicted molar refractivity (Wildman–Crippen MR) is 112 cm³/mol. The van der Waals surface area contributed by atoms with E-state index in [0.29, 0.717) is 39.0 Å². The fourth-order valence-electron chi connectivity index (χ4n) is 4.10. The van der Waals surface area contributed by atoms with Gasteiger partial charge >= 0.3 is 0 Å². The van der Waals surface area contributed by atoms with Crippen LogP contribution >= 0.6 is 0 Å². The van der Waals surface area contributed by atoms with Crippen LogP contribution in [-0.2, 0) is 16.4 Å². The maximum atomic E-state index is 13.0. The molecule has 1 fully saturated rings. The fourth-order valence-corrected chi connectivity index (χ4v) is 5.54. The number of rotatable bonds is 5. The third-order valence-electron chi connectivity index (χ3n) is 5.84. The zero-order valence-corrected chi connectivity index (χ0v) is 17.4. The second kappa shape index (κ2) is 7.86. The number of phenols is 1. The molecule has 9 nitrogen and oxygen atoms in total. The van der Waals surface area contributed by atoms with E-state index in [4.69, 9.17) is 0 Å². The molecule has 1 unspecified atom stereocenters. The van der Waals surface area contributed by atoms with Gasteiger partial charge in [0.25, 0.3) is 5.69 Å². The summed E-state index contributed by atoms with van der Waals surface area (Å²) in [4.78, 5) is 13.1. The molecule has 0 amide bonds. The summed E-state index contributed by atoms with van der Waals surface area (Å²) in [7, 11) is -1.87. The fraction of sp³-hybridized carbons (Fsp3) is 0.400. The largest absolute Gasteiger partial charge is 0.508 e. The van der Waals surface area contributed by atoms with E-state index in [1.807, 2.05) is 18.0 Å². The van der Waals surface area contributed by atoms with E-state index < -0.39 is 14.9 Å². The molecule has 30 heavy (non-hydrogen) atoms. The minimum atomic E-state index is -3.80. The van der Waals surface area contributed by atoms with Crippen LogP contribution in [0, 0.1) is 10.1 Å². The number of aromatic hydroxyl groups is 1. The first-order valence-corrected chi connectivity index (χ1v) is 11.3. The summed E-state index contributed by atoms with van der Waals surface area (Å²) < 4.78 is 27.3. The average Bonchev–Trinajstić information content (AvgIpc) is 3.12. The third-order valence-corrected chi connectivity index (χ3v) is 7.74. The number of anilines is 1. The number of benzene rings is 2. The Morgan fingerprint density at radius 3 is 2.60 bits per heavy atom. The number of hydrogen-bond acceptors (Lipinski definition) is 7. The van der Waals surface area contributed by atoms with Crippen molar-refractivity contribution in [2.45, 2.75) is 23.8 Å². The van der Waals surface area contributed by atoms with Crippen molar-refractivity contribution in [1.29, 1.82) is 0 Å². The third kappa shape index (κ3) is 3.73. The van der Waals surface area contributed by atoms with E-state index >= 15 is 0 Å². The molecule has 2 aromatic carbocycles. The number of nitro groups is 1. The van der Waals surface area contributed by atoms with E-state index in [9.17, 15) is 23.6 Å². The minimum Gasteiger partial charge on any atom is -0.508 e. The van der Waals surface area contributed by atoms with E-state index in [1.165, 1.54) is 16.4 Å². The van der Waals surface area contributed by atoms with Gasteiger partial charge in [-0.05, 0) is 49.2 Å². The van der Waals surface area contributed by atoms with Crippen LogP contribution in [0.15, 0.2) is 41.3 Å². The summed E-state index contributed by atoms with van der Waals surface area (Å²) in [5, 5.41) is 24.9. The summed E-state index contributed by atoms with van der Waals surface area (Å²) in [6.07, 6.45) is 1.36. The molecule has 1 atom stereocenters. The molecule has 10 heteroatoms. The average molecular weight is 433 g/mol. The maximum absolute atomic E-state index is 13.0. The van der Waals surface area contributed by atoms with Gasteiger partial charge in [0.2, 0.25) is 10.0 Å². The van der Waals surface area contributed by atoms with Crippen molar-refractivity contribution < 1.29 is 18.4 Å². The number of nitrogens with zero attached hydrogens (tertiary/aromatic N) is 3. The second-order valence-electron chi connectivity index (χ2n) is 7.72. The standard InChI is InChI=1S/C20H24N4O5S/c1-22-9-11-23(12-10-22)30(28,29)14-5-7-18(19(13-14)24(26)27)21-17-8-6-16-15(17)3-2-4-20(16)25/h2-5,7,13,17,21,25H,6,8-12H2,1H3. The molecule has 2 aromatic rings. The maximum Gasteiger partial charge on any atom is 0.293 e. The number of likely N-dealkylation sites (N-methyl/N-ethyl adjacent to an activating group) is 1. The van der Waals surface area contributed by atoms with Crippen LogP contribution in [-0.4, -0.2) is 60.9 Å². The summed E-state index contributed by atoms with van der Waals surface area (Å²) in [6, 6.07) is 9.08. The molecular formula is C20H24N4O5S. The van der Waals surface area contributed by atoms with E-state index in [2.05, 4.69) is 5.32 Å². The number of fused-ring (bicyclic) bond motifs is 1. The molecule has 4 rings (SSSR count). The summed E-state index contributed by atoms with van der Waals surface area (Å²) >= 11 is 0. The van der Waals surface area contributed by atoms with Gasteiger partial charge in [-0.15, -0.1) is 0 Å². The smallest absolute Gasteiger partial charge is 0.293 e. The van der Waals surface area contributed by atoms with Crippen molar-refractivity contribution in [2.24, 2.45) is 0 Å². The van der Waals surface area contributed by atoms with Gasteiger partial charge in [0.15, 0.2) is 0 Å². The molecular weight excluding hydrogens is 408 g/mol. The lowest BCUT2D eigenvalue weighted by atomic mass is 10.1. The SMILES string of the molecule is CN1CCN(S(=O)(=O)c2ccc(NC3CCc4c(O)cccc43)c([N+](=O)[O-])c2)CC1. The quantitative estimate of drug-likeness (QED) is 0.550. The summed E-state index contributed by atoms with van der Waals surface area (Å²) in [5.74, 6) is 0.222. The molecule has 1 aliphatic heterocycles. The molecule has 1 saturated heterocycles. The molecule has 0 spiro atoms. The summed E-state index contributed by atoms with van der Waals surface area (Å²) in [5.41, 5.74) is 1.72. The molecule has 2 N–H and O–H groups in total. The van der Waals surface area contributed by atoms with E-state index in [0.717, 1.165) is 17.2 Å². The highest BCUT2D eigenvalue weighted by molar-refractivity contribution is 7.89. The Hall–Kier alpha value is -2.69. The lowest BCUT2D eigenvalue weighted by Crippen LogP contribution is -2.47. The Bertz CT molecular complexity index is 1080. The van der Waals surface area contributed by atoms with E-state index in [-0.39, 0.29) is 28.1 Å².